The van der Waals surface area contributed by atoms with Crippen LogP contribution in [0, 0.1) is 0 Å². The molecule has 0 saturated carbocycles. The summed E-state index contributed by atoms with van der Waals surface area (Å²) >= 11 is 0. The molecule has 10 aromatic rings. The predicted octanol–water partition coefficient (Wildman–Crippen LogP) is 16.1. The second kappa shape index (κ2) is 14.6. The topological polar surface area (TPSA) is 11.4 Å². The standard InChI is InChI=1S/C52H33F6N3/c53-51(54,55)38-13-9-19-42(31-38)59(40-15-3-1-4-16-40)44-24-22-36-29-48-47-26-25-46(60(41-17-5-2-6-18-41)43-20-10-14-39(32-43)52(56,57)58)33-50(47)61(49(48)30-37(36)28-44)45-23-21-34-11-7-8-12-35(34)27-45/h1-33H. The number of rotatable bonds is 7. The molecule has 0 N–H and O–H groups in total. The number of hydrogen-bond acceptors (Lipinski definition) is 2. The predicted molar refractivity (Wildman–Crippen MR) is 235 cm³/mol. The highest BCUT2D eigenvalue weighted by Gasteiger charge is 2.32. The lowest BCUT2D eigenvalue weighted by Gasteiger charge is -2.26. The van der Waals surface area contributed by atoms with Crippen LogP contribution in [-0.4, -0.2) is 4.57 Å². The minimum atomic E-state index is -4.53. The van der Waals surface area contributed by atoms with Crippen molar-refractivity contribution in [3.63, 3.8) is 0 Å². The number of nitrogens with zero attached hydrogens (tertiary/aromatic N) is 3. The third-order valence-electron chi connectivity index (χ3n) is 11.1. The maximum absolute atomic E-state index is 14.1. The second-order valence-corrected chi connectivity index (χ2v) is 14.9. The molecule has 3 nitrogen and oxygen atoms in total. The molecule has 1 heterocycles. The number of anilines is 6. The number of benzene rings is 9. The van der Waals surface area contributed by atoms with Gasteiger partial charge in [-0.1, -0.05) is 91.0 Å². The fourth-order valence-corrected chi connectivity index (χ4v) is 8.30. The van der Waals surface area contributed by atoms with E-state index in [1.165, 1.54) is 18.2 Å². The SMILES string of the molecule is FC(F)(F)c1cccc(N(c2ccccc2)c2ccc3cc4c5ccc(N(c6ccccc6)c6cccc(C(F)(F)F)c6)cc5n(-c5ccc6ccccc6c5)c4cc3c2)c1. The van der Waals surface area contributed by atoms with E-state index in [0.29, 0.717) is 34.1 Å². The summed E-state index contributed by atoms with van der Waals surface area (Å²) in [7, 11) is 0. The molecular formula is C52H33F6N3. The average molecular weight is 814 g/mol. The van der Waals surface area contributed by atoms with E-state index in [9.17, 15) is 26.3 Å². The molecule has 0 fully saturated rings. The Bertz CT molecular complexity index is 3250. The van der Waals surface area contributed by atoms with Crippen molar-refractivity contribution in [1.29, 1.82) is 0 Å². The highest BCUT2D eigenvalue weighted by atomic mass is 19.4. The van der Waals surface area contributed by atoms with Gasteiger partial charge in [-0.05, 0) is 131 Å². The van der Waals surface area contributed by atoms with Gasteiger partial charge in [0.2, 0.25) is 0 Å². The molecule has 0 aliphatic rings. The van der Waals surface area contributed by atoms with Gasteiger partial charge in [-0.3, -0.25) is 0 Å². The third-order valence-corrected chi connectivity index (χ3v) is 11.1. The molecule has 0 bridgehead atoms. The Kier molecular flexibility index (Phi) is 9.05. The lowest BCUT2D eigenvalue weighted by molar-refractivity contribution is -0.138. The molecule has 0 aliphatic carbocycles. The molecule has 10 rings (SSSR count). The van der Waals surface area contributed by atoms with E-state index in [-0.39, 0.29) is 0 Å². The van der Waals surface area contributed by atoms with Crippen molar-refractivity contribution >= 4 is 77.5 Å². The Labute approximate surface area is 346 Å². The van der Waals surface area contributed by atoms with E-state index in [1.54, 1.807) is 12.1 Å². The molecule has 1 aromatic heterocycles. The molecule has 61 heavy (non-hydrogen) atoms. The van der Waals surface area contributed by atoms with Gasteiger partial charge in [0.25, 0.3) is 0 Å². The van der Waals surface area contributed by atoms with Gasteiger partial charge in [0, 0.05) is 50.6 Å². The number of aromatic nitrogens is 1. The van der Waals surface area contributed by atoms with Crippen LogP contribution in [0.25, 0.3) is 49.0 Å². The monoisotopic (exact) mass is 813 g/mol. The lowest BCUT2D eigenvalue weighted by Crippen LogP contribution is -2.12. The van der Waals surface area contributed by atoms with Crippen molar-refractivity contribution in [3.8, 4) is 5.69 Å². The van der Waals surface area contributed by atoms with Gasteiger partial charge < -0.3 is 14.4 Å². The number of hydrogen-bond donors (Lipinski definition) is 0. The quantitative estimate of drug-likeness (QED) is 0.149. The van der Waals surface area contributed by atoms with E-state index in [2.05, 4.69) is 41.0 Å². The maximum atomic E-state index is 14.1. The van der Waals surface area contributed by atoms with Crippen molar-refractivity contribution in [2.45, 2.75) is 12.4 Å². The Hall–Kier alpha value is -7.52. The summed E-state index contributed by atoms with van der Waals surface area (Å²) in [5, 5.41) is 5.77. The summed E-state index contributed by atoms with van der Waals surface area (Å²) in [6, 6.07) is 59.6. The highest BCUT2D eigenvalue weighted by Crippen LogP contribution is 2.44. The molecule has 0 radical (unpaired) electrons. The van der Waals surface area contributed by atoms with Crippen molar-refractivity contribution in [2.24, 2.45) is 0 Å². The summed E-state index contributed by atoms with van der Waals surface area (Å²) in [5.41, 5.74) is 4.55. The minimum Gasteiger partial charge on any atom is -0.310 e. The van der Waals surface area contributed by atoms with Crippen LogP contribution in [0.3, 0.4) is 0 Å². The van der Waals surface area contributed by atoms with Crippen LogP contribution in [0.1, 0.15) is 11.1 Å². The summed E-state index contributed by atoms with van der Waals surface area (Å²) in [6.45, 7) is 0. The molecule has 0 aliphatic heterocycles. The Morgan fingerprint density at radius 1 is 0.311 bits per heavy atom. The van der Waals surface area contributed by atoms with Gasteiger partial charge in [-0.2, -0.15) is 26.3 Å². The molecular weight excluding hydrogens is 781 g/mol. The van der Waals surface area contributed by atoms with Gasteiger partial charge in [-0.15, -0.1) is 0 Å². The fraction of sp³-hybridized carbons (Fsp3) is 0.0385. The van der Waals surface area contributed by atoms with Crippen LogP contribution in [0.5, 0.6) is 0 Å². The Morgan fingerprint density at radius 2 is 0.787 bits per heavy atom. The number of halogens is 6. The number of para-hydroxylation sites is 2. The van der Waals surface area contributed by atoms with Crippen LogP contribution < -0.4 is 9.80 Å². The van der Waals surface area contributed by atoms with Crippen molar-refractivity contribution in [2.75, 3.05) is 9.80 Å². The molecule has 0 atom stereocenters. The molecule has 9 aromatic carbocycles. The zero-order valence-electron chi connectivity index (χ0n) is 32.2. The smallest absolute Gasteiger partial charge is 0.310 e. The van der Waals surface area contributed by atoms with E-state index < -0.39 is 23.5 Å². The zero-order chi connectivity index (χ0) is 41.9. The minimum absolute atomic E-state index is 0.357. The van der Waals surface area contributed by atoms with Crippen LogP contribution in [0.2, 0.25) is 0 Å². The molecule has 0 saturated heterocycles. The molecule has 298 valence electrons. The molecule has 0 unspecified atom stereocenters. The van der Waals surface area contributed by atoms with Crippen LogP contribution in [-0.2, 0) is 12.4 Å². The first-order valence-electron chi connectivity index (χ1n) is 19.6. The van der Waals surface area contributed by atoms with Gasteiger partial charge in [-0.25, -0.2) is 0 Å². The number of alkyl halides is 6. The zero-order valence-corrected chi connectivity index (χ0v) is 32.2. The summed E-state index contributed by atoms with van der Waals surface area (Å²) < 4.78 is 86.3. The van der Waals surface area contributed by atoms with Gasteiger partial charge in [0.15, 0.2) is 0 Å². The molecule has 0 amide bonds. The Morgan fingerprint density at radius 3 is 1.39 bits per heavy atom. The normalized spacial score (nSPS) is 12.1. The van der Waals surface area contributed by atoms with Gasteiger partial charge >= 0.3 is 12.4 Å². The van der Waals surface area contributed by atoms with Crippen LogP contribution >= 0.6 is 0 Å². The second-order valence-electron chi connectivity index (χ2n) is 14.9. The highest BCUT2D eigenvalue weighted by molar-refractivity contribution is 6.15. The largest absolute Gasteiger partial charge is 0.416 e. The lowest BCUT2D eigenvalue weighted by atomic mass is 10.0. The van der Waals surface area contributed by atoms with Gasteiger partial charge in [0.05, 0.1) is 22.2 Å². The Balaban J connectivity index is 1.21. The summed E-state index contributed by atoms with van der Waals surface area (Å²) in [6.07, 6.45) is -9.05. The van der Waals surface area contributed by atoms with Crippen molar-refractivity contribution in [1.82, 2.24) is 4.57 Å². The van der Waals surface area contributed by atoms with Crippen molar-refractivity contribution < 1.29 is 26.3 Å². The maximum Gasteiger partial charge on any atom is 0.416 e. The van der Waals surface area contributed by atoms with E-state index in [4.69, 9.17) is 0 Å². The summed E-state index contributed by atoms with van der Waals surface area (Å²) in [4.78, 5) is 3.64. The molecule has 0 spiro atoms. The summed E-state index contributed by atoms with van der Waals surface area (Å²) in [5.74, 6) is 0. The first-order chi connectivity index (χ1) is 29.5. The fourth-order valence-electron chi connectivity index (χ4n) is 8.30. The first-order valence-corrected chi connectivity index (χ1v) is 19.6. The van der Waals surface area contributed by atoms with Crippen LogP contribution in [0.4, 0.5) is 60.5 Å². The third kappa shape index (κ3) is 6.97. The van der Waals surface area contributed by atoms with E-state index in [1.807, 2.05) is 125 Å². The van der Waals surface area contributed by atoms with Crippen molar-refractivity contribution in [3.05, 3.63) is 211 Å². The first kappa shape index (κ1) is 37.7. The van der Waals surface area contributed by atoms with E-state index in [0.717, 1.165) is 67.2 Å². The van der Waals surface area contributed by atoms with Gasteiger partial charge in [0.1, 0.15) is 0 Å². The molecule has 9 heteroatoms. The number of fused-ring (bicyclic) bond motifs is 5. The van der Waals surface area contributed by atoms with E-state index >= 15 is 0 Å². The van der Waals surface area contributed by atoms with Crippen LogP contribution in [0.15, 0.2) is 200 Å². The average Bonchev–Trinajstić information content (AvgIpc) is 3.58.